The van der Waals surface area contributed by atoms with Crippen LogP contribution >= 0.6 is 0 Å². The van der Waals surface area contributed by atoms with Crippen molar-refractivity contribution in [1.29, 1.82) is 0 Å². The number of aromatic nitrogens is 8. The topological polar surface area (TPSA) is 103 Å². The van der Waals surface area contributed by atoms with Gasteiger partial charge >= 0.3 is 0 Å². The molecule has 486 valence electrons. The normalized spacial score (nSPS) is 17.2. The highest BCUT2D eigenvalue weighted by atomic mass is 14.9. The summed E-state index contributed by atoms with van der Waals surface area (Å²) in [6.45, 7) is 27.7. The molecular formula is C94H70N8. The molecule has 0 saturated carbocycles. The average Bonchev–Trinajstić information content (AvgIpc) is 0.693. The standard InChI is InChI=1S/C94H70N8/c1-91(2,3)43-29-59-79-63(33-43)87-88(64-34-44(92(4,5)6)30-60(80(64)79)84-83(59)95-67-37-55-56(38-68(67)96-84)76-49-23-15-13-21-47(49)75(55)48-22-14-16-24-50(48)76)100-72-42-74-73(41-71(72)99-87)101-89-65-35-45(93(7,8)9)31-61-81(65)82-62(32-46(94(10,11)12)36-66(82)90(89)102-74)86-85(61)97-69-39-57-58(40-70(69)98-86)78-53-27-19-17-25-51(53)77(57)52-26-18-20-28-54(52)78/h13-42,75-78H,1-12H3. The molecule has 0 aliphatic heterocycles. The van der Waals surface area contributed by atoms with Crippen molar-refractivity contribution in [3.05, 3.63) is 271 Å². The maximum absolute atomic E-state index is 5.87. The van der Waals surface area contributed by atoms with Gasteiger partial charge in [0, 0.05) is 88.3 Å². The Morgan fingerprint density at radius 1 is 0.186 bits per heavy atom. The minimum absolute atomic E-state index is 0.121. The Balaban J connectivity index is 0.795. The van der Waals surface area contributed by atoms with Crippen molar-refractivity contribution in [2.45, 2.75) is 128 Å². The van der Waals surface area contributed by atoms with Crippen LogP contribution in [-0.4, -0.2) is 39.9 Å². The molecule has 0 unspecified atom stereocenters. The highest BCUT2D eigenvalue weighted by molar-refractivity contribution is 6.41. The first kappa shape index (κ1) is 57.5. The van der Waals surface area contributed by atoms with Crippen molar-refractivity contribution >= 4 is 153 Å². The molecule has 4 heterocycles. The number of hydrogen-bond acceptors (Lipinski definition) is 8. The van der Waals surface area contributed by atoms with E-state index < -0.39 is 0 Å². The Labute approximate surface area is 588 Å². The van der Waals surface area contributed by atoms with Crippen molar-refractivity contribution < 1.29 is 0 Å². The molecule has 19 aromatic rings. The van der Waals surface area contributed by atoms with Crippen LogP contribution < -0.4 is 0 Å². The zero-order valence-electron chi connectivity index (χ0n) is 59.2. The first-order chi connectivity index (χ1) is 49.1. The highest BCUT2D eigenvalue weighted by Crippen LogP contribution is 2.59. The summed E-state index contributed by atoms with van der Waals surface area (Å²) in [5.74, 6) is 0.485. The minimum Gasteiger partial charge on any atom is -0.244 e. The maximum atomic E-state index is 5.87. The molecule has 102 heavy (non-hydrogen) atoms. The van der Waals surface area contributed by atoms with Crippen molar-refractivity contribution in [2.75, 3.05) is 0 Å². The monoisotopic (exact) mass is 1310 g/mol. The van der Waals surface area contributed by atoms with E-state index in [0.29, 0.717) is 0 Å². The summed E-state index contributed by atoms with van der Waals surface area (Å²) < 4.78 is 0. The summed E-state index contributed by atoms with van der Waals surface area (Å²) in [5, 5.41) is 13.2. The predicted octanol–water partition coefficient (Wildman–Crippen LogP) is 23.0. The number of nitrogens with zero attached hydrogens (tertiary/aromatic N) is 8. The van der Waals surface area contributed by atoms with Gasteiger partial charge in [-0.3, -0.25) is 0 Å². The number of benzene rings is 15. The van der Waals surface area contributed by atoms with E-state index in [0.717, 1.165) is 153 Å². The molecule has 0 amide bonds. The van der Waals surface area contributed by atoms with Crippen molar-refractivity contribution in [3.63, 3.8) is 0 Å². The van der Waals surface area contributed by atoms with E-state index in [1.54, 1.807) is 0 Å². The molecular weight excluding hydrogens is 1240 g/mol. The van der Waals surface area contributed by atoms with E-state index in [1.807, 2.05) is 0 Å². The Hall–Kier alpha value is -11.2. The van der Waals surface area contributed by atoms with Crippen molar-refractivity contribution in [3.8, 4) is 0 Å². The molecule has 0 atom stereocenters. The fourth-order valence-corrected chi connectivity index (χ4v) is 19.4. The summed E-state index contributed by atoms with van der Waals surface area (Å²) in [6.07, 6.45) is 0. The van der Waals surface area contributed by atoms with Gasteiger partial charge in [-0.1, -0.05) is 180 Å². The molecule has 0 saturated heterocycles. The van der Waals surface area contributed by atoms with E-state index in [1.165, 1.54) is 89.0 Å². The molecule has 0 spiro atoms. The second-order valence-corrected chi connectivity index (χ2v) is 34.5. The number of fused-ring (bicyclic) bond motifs is 16. The van der Waals surface area contributed by atoms with Gasteiger partial charge in [0.25, 0.3) is 0 Å². The molecule has 0 N–H and O–H groups in total. The Morgan fingerprint density at radius 3 is 0.480 bits per heavy atom. The zero-order valence-corrected chi connectivity index (χ0v) is 59.2. The fraction of sp³-hybridized carbons (Fsp3) is 0.213. The molecule has 8 nitrogen and oxygen atoms in total. The van der Waals surface area contributed by atoms with Crippen LogP contribution in [0, 0.1) is 0 Å². The largest absolute Gasteiger partial charge is 0.244 e. The van der Waals surface area contributed by atoms with Gasteiger partial charge in [0.15, 0.2) is 0 Å². The lowest BCUT2D eigenvalue weighted by molar-refractivity contribution is 0.591. The molecule has 25 rings (SSSR count). The van der Waals surface area contributed by atoms with Gasteiger partial charge in [0.05, 0.1) is 88.3 Å². The minimum atomic E-state index is -0.222. The van der Waals surface area contributed by atoms with Crippen molar-refractivity contribution in [1.82, 2.24) is 39.9 Å². The average molecular weight is 1310 g/mol. The van der Waals surface area contributed by atoms with Crippen LogP contribution in [-0.2, 0) is 21.7 Å². The molecule has 8 heteroatoms. The lowest BCUT2D eigenvalue weighted by Crippen LogP contribution is -2.27. The van der Waals surface area contributed by atoms with Gasteiger partial charge in [0.2, 0.25) is 0 Å². The van der Waals surface area contributed by atoms with Crippen LogP contribution in [0.25, 0.3) is 153 Å². The highest BCUT2D eigenvalue weighted by Gasteiger charge is 2.44. The molecule has 0 radical (unpaired) electrons. The third-order valence-electron chi connectivity index (χ3n) is 24.5. The summed E-state index contributed by atoms with van der Waals surface area (Å²) in [6, 6.07) is 69.3. The van der Waals surface area contributed by atoms with Gasteiger partial charge in [-0.15, -0.1) is 0 Å². The summed E-state index contributed by atoms with van der Waals surface area (Å²) in [4.78, 5) is 46.9. The quantitative estimate of drug-likeness (QED) is 0.109. The first-order valence-corrected chi connectivity index (χ1v) is 36.4. The van der Waals surface area contributed by atoms with Gasteiger partial charge < -0.3 is 0 Å². The zero-order chi connectivity index (χ0) is 68.6. The Morgan fingerprint density at radius 2 is 0.333 bits per heavy atom. The molecule has 15 aromatic carbocycles. The van der Waals surface area contributed by atoms with E-state index >= 15 is 0 Å². The van der Waals surface area contributed by atoms with Crippen LogP contribution in [0.4, 0.5) is 0 Å². The summed E-state index contributed by atoms with van der Waals surface area (Å²) in [7, 11) is 0. The Kier molecular flexibility index (Phi) is 10.5. The Bertz CT molecular complexity index is 6250. The number of rotatable bonds is 0. The first-order valence-electron chi connectivity index (χ1n) is 36.4. The lowest BCUT2D eigenvalue weighted by atomic mass is 9.61. The van der Waals surface area contributed by atoms with Crippen LogP contribution in [0.1, 0.15) is 196 Å². The second-order valence-electron chi connectivity index (χ2n) is 34.5. The molecule has 6 aliphatic rings. The summed E-state index contributed by atoms with van der Waals surface area (Å²) in [5.41, 5.74) is 34.2. The summed E-state index contributed by atoms with van der Waals surface area (Å²) >= 11 is 0. The number of hydrogen-bond donors (Lipinski definition) is 0. The van der Waals surface area contributed by atoms with Crippen LogP contribution in [0.15, 0.2) is 182 Å². The molecule has 4 bridgehead atoms. The molecule has 0 fully saturated rings. The maximum Gasteiger partial charge on any atom is 0.0979 e. The van der Waals surface area contributed by atoms with E-state index in [4.69, 9.17) is 39.9 Å². The van der Waals surface area contributed by atoms with E-state index in [9.17, 15) is 0 Å². The predicted molar refractivity (Wildman–Crippen MR) is 421 cm³/mol. The van der Waals surface area contributed by atoms with E-state index in [-0.39, 0.29) is 45.3 Å². The van der Waals surface area contributed by atoms with Gasteiger partial charge in [-0.2, -0.15) is 0 Å². The SMILES string of the molecule is CC(C)(C)c1cc2c3nc4cc5c(cc4nc3c3cc(C(C)(C)C)cc4c6nc7cc8nc9c%10cc(C(C)(C)C)cc%11c%12nc%13cc%14c(cc%13nc%12c%12cc(C(C)(C)C)cc(c9nc8cc7nc6c(c1)c2c34)c%12c%11%10)C1c2ccccc2C%14c2ccccc21)C1c2ccccc2C5c2ccccc21. The third-order valence-corrected chi connectivity index (χ3v) is 24.5. The third kappa shape index (κ3) is 7.36. The van der Waals surface area contributed by atoms with Gasteiger partial charge in [0.1, 0.15) is 0 Å². The van der Waals surface area contributed by atoms with Gasteiger partial charge in [-0.05, 0) is 196 Å². The van der Waals surface area contributed by atoms with Crippen molar-refractivity contribution in [2.24, 2.45) is 0 Å². The van der Waals surface area contributed by atoms with Gasteiger partial charge in [-0.25, -0.2) is 39.9 Å². The van der Waals surface area contributed by atoms with Crippen LogP contribution in [0.5, 0.6) is 0 Å². The molecule has 4 aromatic heterocycles. The van der Waals surface area contributed by atoms with Crippen LogP contribution in [0.3, 0.4) is 0 Å². The lowest BCUT2D eigenvalue weighted by Gasteiger charge is -2.42. The van der Waals surface area contributed by atoms with Crippen LogP contribution in [0.2, 0.25) is 0 Å². The smallest absolute Gasteiger partial charge is 0.0979 e. The van der Waals surface area contributed by atoms with E-state index in [2.05, 4.69) is 265 Å². The fourth-order valence-electron chi connectivity index (χ4n) is 19.4. The second kappa shape index (κ2) is 18.7. The molecule has 6 aliphatic carbocycles.